The largest absolute Gasteiger partial charge is 0.310 e. The van der Waals surface area contributed by atoms with Crippen molar-refractivity contribution in [2.24, 2.45) is 0 Å². The van der Waals surface area contributed by atoms with Crippen molar-refractivity contribution in [3.05, 3.63) is 35.4 Å². The summed E-state index contributed by atoms with van der Waals surface area (Å²) in [6.07, 6.45) is 8.87. The van der Waals surface area contributed by atoms with Crippen LogP contribution in [0.5, 0.6) is 0 Å². The first-order valence-electron chi connectivity index (χ1n) is 7.16. The zero-order valence-corrected chi connectivity index (χ0v) is 11.9. The van der Waals surface area contributed by atoms with Crippen molar-refractivity contribution < 1.29 is 0 Å². The molecule has 1 unspecified atom stereocenters. The van der Waals surface area contributed by atoms with Gasteiger partial charge in [-0.25, -0.2) is 19.9 Å². The van der Waals surface area contributed by atoms with Gasteiger partial charge in [0.25, 0.3) is 0 Å². The standard InChI is InChI=1S/C15H19N5/c1-3-16-12-5-4-6-13-11(12)9-19-15(20-13)14-17-7-10(2)8-18-14/h7-9,12,16H,3-6H2,1-2H3. The number of aromatic nitrogens is 4. The van der Waals surface area contributed by atoms with Crippen LogP contribution in [0.3, 0.4) is 0 Å². The molecule has 0 spiro atoms. The molecule has 5 heteroatoms. The number of hydrogen-bond acceptors (Lipinski definition) is 5. The van der Waals surface area contributed by atoms with Crippen LogP contribution in [-0.4, -0.2) is 26.5 Å². The van der Waals surface area contributed by atoms with Crippen LogP contribution in [0.15, 0.2) is 18.6 Å². The van der Waals surface area contributed by atoms with Gasteiger partial charge in [-0.05, 0) is 38.3 Å². The summed E-state index contributed by atoms with van der Waals surface area (Å²) >= 11 is 0. The Bertz CT molecular complexity index is 594. The Balaban J connectivity index is 1.94. The summed E-state index contributed by atoms with van der Waals surface area (Å²) in [4.78, 5) is 17.7. The lowest BCUT2D eigenvalue weighted by molar-refractivity contribution is 0.464. The van der Waals surface area contributed by atoms with E-state index in [4.69, 9.17) is 0 Å². The minimum atomic E-state index is 0.386. The second kappa shape index (κ2) is 5.63. The molecule has 0 saturated carbocycles. The molecule has 0 radical (unpaired) electrons. The van der Waals surface area contributed by atoms with Gasteiger partial charge in [-0.3, -0.25) is 0 Å². The maximum Gasteiger partial charge on any atom is 0.197 e. The molecule has 2 aromatic rings. The molecule has 5 nitrogen and oxygen atoms in total. The summed E-state index contributed by atoms with van der Waals surface area (Å²) in [6.45, 7) is 5.06. The Kier molecular flexibility index (Phi) is 3.69. The number of hydrogen-bond donors (Lipinski definition) is 1. The monoisotopic (exact) mass is 269 g/mol. The molecule has 20 heavy (non-hydrogen) atoms. The van der Waals surface area contributed by atoms with Crippen molar-refractivity contribution in [3.63, 3.8) is 0 Å². The highest BCUT2D eigenvalue weighted by Gasteiger charge is 2.22. The zero-order valence-electron chi connectivity index (χ0n) is 11.9. The van der Waals surface area contributed by atoms with Gasteiger partial charge < -0.3 is 5.32 Å². The first-order valence-corrected chi connectivity index (χ1v) is 7.16. The van der Waals surface area contributed by atoms with E-state index >= 15 is 0 Å². The lowest BCUT2D eigenvalue weighted by Crippen LogP contribution is -2.26. The van der Waals surface area contributed by atoms with E-state index in [1.165, 1.54) is 5.56 Å². The molecule has 1 atom stereocenters. The average Bonchev–Trinajstić information content (AvgIpc) is 2.48. The van der Waals surface area contributed by atoms with Gasteiger partial charge >= 0.3 is 0 Å². The van der Waals surface area contributed by atoms with Crippen LogP contribution in [0.2, 0.25) is 0 Å². The second-order valence-electron chi connectivity index (χ2n) is 5.18. The van der Waals surface area contributed by atoms with E-state index in [0.29, 0.717) is 17.7 Å². The first kappa shape index (κ1) is 13.1. The highest BCUT2D eigenvalue weighted by molar-refractivity contribution is 5.44. The van der Waals surface area contributed by atoms with Crippen LogP contribution in [-0.2, 0) is 6.42 Å². The Morgan fingerprint density at radius 1 is 1.15 bits per heavy atom. The van der Waals surface area contributed by atoms with Crippen molar-refractivity contribution in [3.8, 4) is 11.6 Å². The SMILES string of the molecule is CCNC1CCCc2nc(-c3ncc(C)cn3)ncc21. The molecule has 0 aliphatic heterocycles. The predicted octanol–water partition coefficient (Wildman–Crippen LogP) is 2.23. The minimum absolute atomic E-state index is 0.386. The Labute approximate surface area is 118 Å². The third-order valence-corrected chi connectivity index (χ3v) is 3.61. The molecule has 2 heterocycles. The average molecular weight is 269 g/mol. The van der Waals surface area contributed by atoms with Gasteiger partial charge in [0.15, 0.2) is 11.6 Å². The number of fused-ring (bicyclic) bond motifs is 1. The van der Waals surface area contributed by atoms with Crippen molar-refractivity contribution >= 4 is 0 Å². The Morgan fingerprint density at radius 2 is 1.90 bits per heavy atom. The van der Waals surface area contributed by atoms with E-state index < -0.39 is 0 Å². The molecule has 0 saturated heterocycles. The van der Waals surface area contributed by atoms with E-state index in [2.05, 4.69) is 32.2 Å². The summed E-state index contributed by atoms with van der Waals surface area (Å²) in [7, 11) is 0. The number of rotatable bonds is 3. The lowest BCUT2D eigenvalue weighted by Gasteiger charge is -2.25. The molecule has 0 bridgehead atoms. The zero-order chi connectivity index (χ0) is 13.9. The number of aryl methyl sites for hydroxylation is 2. The molecule has 3 rings (SSSR count). The van der Waals surface area contributed by atoms with Crippen molar-refractivity contribution in [2.75, 3.05) is 6.54 Å². The molecule has 0 fully saturated rings. The molecular weight excluding hydrogens is 250 g/mol. The molecule has 1 aliphatic carbocycles. The number of nitrogens with one attached hydrogen (secondary N) is 1. The summed E-state index contributed by atoms with van der Waals surface area (Å²) in [5, 5.41) is 3.50. The summed E-state index contributed by atoms with van der Waals surface area (Å²) in [5.74, 6) is 1.23. The maximum absolute atomic E-state index is 4.67. The summed E-state index contributed by atoms with van der Waals surface area (Å²) in [5.41, 5.74) is 3.41. The van der Waals surface area contributed by atoms with Crippen LogP contribution >= 0.6 is 0 Å². The van der Waals surface area contributed by atoms with Crippen LogP contribution < -0.4 is 5.32 Å². The van der Waals surface area contributed by atoms with E-state index in [-0.39, 0.29) is 0 Å². The smallest absolute Gasteiger partial charge is 0.197 e. The third kappa shape index (κ3) is 2.54. The summed E-state index contributed by atoms with van der Waals surface area (Å²) in [6, 6.07) is 0.386. The number of nitrogens with zero attached hydrogens (tertiary/aromatic N) is 4. The normalized spacial score (nSPS) is 17.8. The van der Waals surface area contributed by atoms with Crippen LogP contribution in [0.4, 0.5) is 0 Å². The van der Waals surface area contributed by atoms with E-state index in [1.807, 2.05) is 13.1 Å². The van der Waals surface area contributed by atoms with Gasteiger partial charge in [-0.2, -0.15) is 0 Å². The maximum atomic E-state index is 4.67. The van der Waals surface area contributed by atoms with Crippen LogP contribution in [0.1, 0.15) is 42.6 Å². The van der Waals surface area contributed by atoms with Gasteiger partial charge in [-0.15, -0.1) is 0 Å². The molecule has 104 valence electrons. The third-order valence-electron chi connectivity index (χ3n) is 3.61. The fourth-order valence-corrected chi connectivity index (χ4v) is 2.62. The second-order valence-corrected chi connectivity index (χ2v) is 5.18. The van der Waals surface area contributed by atoms with Gasteiger partial charge in [0.2, 0.25) is 0 Å². The van der Waals surface area contributed by atoms with E-state index in [9.17, 15) is 0 Å². The van der Waals surface area contributed by atoms with Gasteiger partial charge in [0.1, 0.15) is 0 Å². The van der Waals surface area contributed by atoms with Gasteiger partial charge in [0, 0.05) is 35.9 Å². The first-order chi connectivity index (χ1) is 9.78. The van der Waals surface area contributed by atoms with Crippen molar-refractivity contribution in [2.45, 2.75) is 39.2 Å². The topological polar surface area (TPSA) is 63.6 Å². The van der Waals surface area contributed by atoms with Crippen LogP contribution in [0, 0.1) is 6.92 Å². The molecule has 2 aromatic heterocycles. The summed E-state index contributed by atoms with van der Waals surface area (Å²) < 4.78 is 0. The fraction of sp³-hybridized carbons (Fsp3) is 0.467. The Hall–Kier alpha value is -1.88. The molecular formula is C15H19N5. The minimum Gasteiger partial charge on any atom is -0.310 e. The quantitative estimate of drug-likeness (QED) is 0.925. The van der Waals surface area contributed by atoms with Gasteiger partial charge in [-0.1, -0.05) is 6.92 Å². The van der Waals surface area contributed by atoms with E-state index in [0.717, 1.165) is 37.1 Å². The Morgan fingerprint density at radius 3 is 2.65 bits per heavy atom. The van der Waals surface area contributed by atoms with Crippen LogP contribution in [0.25, 0.3) is 11.6 Å². The molecule has 0 amide bonds. The lowest BCUT2D eigenvalue weighted by atomic mass is 9.92. The van der Waals surface area contributed by atoms with Crippen molar-refractivity contribution in [1.82, 2.24) is 25.3 Å². The molecule has 0 aromatic carbocycles. The molecule has 1 N–H and O–H groups in total. The molecule has 1 aliphatic rings. The fourth-order valence-electron chi connectivity index (χ4n) is 2.62. The van der Waals surface area contributed by atoms with Crippen molar-refractivity contribution in [1.29, 1.82) is 0 Å². The highest BCUT2D eigenvalue weighted by Crippen LogP contribution is 2.28. The van der Waals surface area contributed by atoms with E-state index in [1.54, 1.807) is 12.4 Å². The highest BCUT2D eigenvalue weighted by atomic mass is 15.0. The predicted molar refractivity (Wildman–Crippen MR) is 77.2 cm³/mol. The van der Waals surface area contributed by atoms with Gasteiger partial charge in [0.05, 0.1) is 0 Å².